The zero-order chi connectivity index (χ0) is 16.6. The molecule has 6 nitrogen and oxygen atoms in total. The van der Waals surface area contributed by atoms with Crippen LogP contribution in [0.25, 0.3) is 0 Å². The van der Waals surface area contributed by atoms with Gasteiger partial charge in [0.2, 0.25) is 5.96 Å². The molecule has 0 aliphatic rings. The predicted molar refractivity (Wildman–Crippen MR) is 87.1 cm³/mol. The van der Waals surface area contributed by atoms with Gasteiger partial charge in [0.25, 0.3) is 10.0 Å². The number of allylic oxidation sites excluding steroid dienone is 3. The highest BCUT2D eigenvalue weighted by atomic mass is 32.2. The number of hydrogen-bond acceptors (Lipinski definition) is 4. The van der Waals surface area contributed by atoms with Crippen LogP contribution in [0, 0.1) is 0 Å². The van der Waals surface area contributed by atoms with E-state index in [-0.39, 0.29) is 10.9 Å². The van der Waals surface area contributed by atoms with E-state index in [1.807, 2.05) is 6.92 Å². The van der Waals surface area contributed by atoms with Gasteiger partial charge in [0.15, 0.2) is 0 Å². The smallest absolute Gasteiger partial charge is 0.264 e. The molecule has 3 N–H and O–H groups in total. The SMILES string of the molecule is C=C(OC)/C(C)=C(C)\C(=C\C)S(=O)(=O)NC(N)=NCCC. The Balaban J connectivity index is 5.53. The first-order valence-electron chi connectivity index (χ1n) is 6.61. The van der Waals surface area contributed by atoms with Crippen molar-refractivity contribution in [3.8, 4) is 0 Å². The summed E-state index contributed by atoms with van der Waals surface area (Å²) in [5.41, 5.74) is 6.77. The summed E-state index contributed by atoms with van der Waals surface area (Å²) in [6.45, 7) is 11.2. The van der Waals surface area contributed by atoms with E-state index in [2.05, 4.69) is 16.3 Å². The molecule has 7 heteroatoms. The molecule has 0 heterocycles. The minimum Gasteiger partial charge on any atom is -0.497 e. The standard InChI is InChI=1S/C14H25N3O3S/c1-7-9-16-14(15)17-21(18,19)13(8-2)11(4)10(3)12(5)20-6/h8H,5,7,9H2,1-4,6H3,(H3,15,16,17)/b11-10-,13-8-. The van der Waals surface area contributed by atoms with E-state index in [1.165, 1.54) is 13.2 Å². The largest absolute Gasteiger partial charge is 0.497 e. The molecule has 0 bridgehead atoms. The maximum absolute atomic E-state index is 12.3. The van der Waals surface area contributed by atoms with Gasteiger partial charge in [-0.3, -0.25) is 4.99 Å². The number of hydrogen-bond donors (Lipinski definition) is 2. The highest BCUT2D eigenvalue weighted by Gasteiger charge is 2.21. The summed E-state index contributed by atoms with van der Waals surface area (Å²) in [5.74, 6) is 0.293. The normalized spacial score (nSPS) is 14.5. The fourth-order valence-electron chi connectivity index (χ4n) is 1.58. The molecule has 0 radical (unpaired) electrons. The van der Waals surface area contributed by atoms with Gasteiger partial charge >= 0.3 is 0 Å². The molecule has 0 aliphatic carbocycles. The minimum absolute atomic E-state index is 0.118. The summed E-state index contributed by atoms with van der Waals surface area (Å²) >= 11 is 0. The lowest BCUT2D eigenvalue weighted by atomic mass is 10.1. The lowest BCUT2D eigenvalue weighted by Gasteiger charge is -2.14. The predicted octanol–water partition coefficient (Wildman–Crippen LogP) is 2.03. The molecule has 0 saturated carbocycles. The van der Waals surface area contributed by atoms with Crippen LogP contribution in [-0.4, -0.2) is 28.0 Å². The monoisotopic (exact) mass is 315 g/mol. The number of sulfonamides is 1. The van der Waals surface area contributed by atoms with Crippen molar-refractivity contribution in [1.29, 1.82) is 0 Å². The average Bonchev–Trinajstić information content (AvgIpc) is 2.42. The van der Waals surface area contributed by atoms with Gasteiger partial charge in [0, 0.05) is 6.54 Å². The van der Waals surface area contributed by atoms with Crippen molar-refractivity contribution in [3.05, 3.63) is 34.5 Å². The molecule has 0 amide bonds. The van der Waals surface area contributed by atoms with E-state index in [1.54, 1.807) is 20.8 Å². The van der Waals surface area contributed by atoms with Crippen molar-refractivity contribution in [2.24, 2.45) is 10.7 Å². The Hall–Kier alpha value is -1.76. The summed E-state index contributed by atoms with van der Waals surface area (Å²) in [7, 11) is -2.30. The molecule has 0 atom stereocenters. The molecular formula is C14H25N3O3S. The van der Waals surface area contributed by atoms with Crippen molar-refractivity contribution in [1.82, 2.24) is 4.72 Å². The summed E-state index contributed by atoms with van der Waals surface area (Å²) in [6, 6.07) is 0. The van der Waals surface area contributed by atoms with Gasteiger partial charge in [-0.1, -0.05) is 19.6 Å². The molecule has 0 saturated heterocycles. The van der Waals surface area contributed by atoms with Crippen LogP contribution < -0.4 is 10.5 Å². The second kappa shape index (κ2) is 8.51. The van der Waals surface area contributed by atoms with Crippen molar-refractivity contribution < 1.29 is 13.2 Å². The minimum atomic E-state index is -3.79. The zero-order valence-corrected chi connectivity index (χ0v) is 14.2. The fourth-order valence-corrected chi connectivity index (χ4v) is 2.89. The Morgan fingerprint density at radius 3 is 2.38 bits per heavy atom. The van der Waals surface area contributed by atoms with Crippen molar-refractivity contribution in [2.45, 2.75) is 34.1 Å². The van der Waals surface area contributed by atoms with Gasteiger partial charge in [-0.15, -0.1) is 0 Å². The summed E-state index contributed by atoms with van der Waals surface area (Å²) in [6.07, 6.45) is 2.28. The van der Waals surface area contributed by atoms with Gasteiger partial charge in [-0.25, -0.2) is 13.1 Å². The number of guanidine groups is 1. The Kier molecular flexibility index (Phi) is 7.80. The molecule has 21 heavy (non-hydrogen) atoms. The number of aliphatic imine (C=N–C) groups is 1. The number of nitrogens with zero attached hydrogens (tertiary/aromatic N) is 1. The van der Waals surface area contributed by atoms with Gasteiger partial charge < -0.3 is 10.5 Å². The molecule has 0 aromatic carbocycles. The molecule has 0 aliphatic heterocycles. The molecule has 0 aromatic heterocycles. The first kappa shape index (κ1) is 19.2. The molecular weight excluding hydrogens is 290 g/mol. The summed E-state index contributed by atoms with van der Waals surface area (Å²) in [4.78, 5) is 4.04. The second-order valence-electron chi connectivity index (χ2n) is 4.40. The summed E-state index contributed by atoms with van der Waals surface area (Å²) in [5, 5.41) is 0. The summed E-state index contributed by atoms with van der Waals surface area (Å²) < 4.78 is 32.0. The number of rotatable bonds is 7. The third-order valence-electron chi connectivity index (χ3n) is 2.89. The first-order chi connectivity index (χ1) is 9.71. The highest BCUT2D eigenvalue weighted by molar-refractivity contribution is 7.94. The number of ether oxygens (including phenoxy) is 1. The van der Waals surface area contributed by atoms with Crippen LogP contribution in [0.15, 0.2) is 39.5 Å². The van der Waals surface area contributed by atoms with Crippen LogP contribution in [0.2, 0.25) is 0 Å². The van der Waals surface area contributed by atoms with Crippen LogP contribution in [-0.2, 0) is 14.8 Å². The van der Waals surface area contributed by atoms with Crippen LogP contribution >= 0.6 is 0 Å². The number of nitrogens with one attached hydrogen (secondary N) is 1. The van der Waals surface area contributed by atoms with E-state index < -0.39 is 10.0 Å². The molecule has 120 valence electrons. The lowest BCUT2D eigenvalue weighted by Crippen LogP contribution is -2.37. The fraction of sp³-hybridized carbons (Fsp3) is 0.500. The molecule has 0 unspecified atom stereocenters. The molecule has 0 rings (SSSR count). The topological polar surface area (TPSA) is 93.8 Å². The van der Waals surface area contributed by atoms with E-state index in [9.17, 15) is 8.42 Å². The van der Waals surface area contributed by atoms with E-state index >= 15 is 0 Å². The molecule has 0 fully saturated rings. The van der Waals surface area contributed by atoms with E-state index in [0.29, 0.717) is 23.5 Å². The third kappa shape index (κ3) is 5.63. The van der Waals surface area contributed by atoms with Gasteiger partial charge in [0.05, 0.1) is 12.0 Å². The van der Waals surface area contributed by atoms with Crippen molar-refractivity contribution >= 4 is 16.0 Å². The number of nitrogens with two attached hydrogens (primary N) is 1. The maximum Gasteiger partial charge on any atom is 0.264 e. The third-order valence-corrected chi connectivity index (χ3v) is 4.49. The van der Waals surface area contributed by atoms with Crippen LogP contribution in [0.5, 0.6) is 0 Å². The van der Waals surface area contributed by atoms with Crippen molar-refractivity contribution in [2.75, 3.05) is 13.7 Å². The average molecular weight is 315 g/mol. The van der Waals surface area contributed by atoms with Gasteiger partial charge in [0.1, 0.15) is 5.76 Å². The van der Waals surface area contributed by atoms with Crippen molar-refractivity contribution in [3.63, 3.8) is 0 Å². The van der Waals surface area contributed by atoms with Crippen LogP contribution in [0.1, 0.15) is 34.1 Å². The Morgan fingerprint density at radius 2 is 1.95 bits per heavy atom. The van der Waals surface area contributed by atoms with Gasteiger partial charge in [-0.05, 0) is 38.3 Å². The van der Waals surface area contributed by atoms with Gasteiger partial charge in [-0.2, -0.15) is 0 Å². The number of methoxy groups -OCH3 is 1. The quantitative estimate of drug-likeness (QED) is 0.325. The highest BCUT2D eigenvalue weighted by Crippen LogP contribution is 2.23. The van der Waals surface area contributed by atoms with E-state index in [0.717, 1.165) is 6.42 Å². The first-order valence-corrected chi connectivity index (χ1v) is 8.09. The second-order valence-corrected chi connectivity index (χ2v) is 6.05. The van der Waals surface area contributed by atoms with Crippen LogP contribution in [0.4, 0.5) is 0 Å². The molecule has 0 spiro atoms. The molecule has 0 aromatic rings. The van der Waals surface area contributed by atoms with E-state index in [4.69, 9.17) is 10.5 Å². The Bertz CT molecular complexity index is 572. The Morgan fingerprint density at radius 1 is 1.38 bits per heavy atom. The maximum atomic E-state index is 12.3. The van der Waals surface area contributed by atoms with Crippen LogP contribution in [0.3, 0.4) is 0 Å². The Labute approximate surface area is 127 Å². The lowest BCUT2D eigenvalue weighted by molar-refractivity contribution is 0.302. The zero-order valence-electron chi connectivity index (χ0n) is 13.4.